The van der Waals surface area contributed by atoms with Crippen LogP contribution >= 0.6 is 15.9 Å². The van der Waals surface area contributed by atoms with E-state index in [1.165, 1.54) is 42.1 Å². The first-order chi connectivity index (χ1) is 8.65. The van der Waals surface area contributed by atoms with Crippen molar-refractivity contribution >= 4 is 15.9 Å². The third kappa shape index (κ3) is 4.10. The van der Waals surface area contributed by atoms with E-state index in [0.717, 1.165) is 5.92 Å². The van der Waals surface area contributed by atoms with E-state index in [4.69, 9.17) is 0 Å². The highest BCUT2D eigenvalue weighted by Crippen LogP contribution is 2.25. The maximum absolute atomic E-state index is 3.80. The second-order valence-electron chi connectivity index (χ2n) is 5.75. The summed E-state index contributed by atoms with van der Waals surface area (Å²) in [4.78, 5) is 0. The van der Waals surface area contributed by atoms with Gasteiger partial charge in [0.05, 0.1) is 0 Å². The normalized spacial score (nSPS) is 26.6. The first-order valence-electron chi connectivity index (χ1n) is 7.16. The number of hydrogen-bond acceptors (Lipinski definition) is 1. The molecule has 100 valence electrons. The van der Waals surface area contributed by atoms with E-state index in [-0.39, 0.29) is 0 Å². The van der Waals surface area contributed by atoms with Gasteiger partial charge in [-0.3, -0.25) is 0 Å². The van der Waals surface area contributed by atoms with E-state index in [1.807, 2.05) is 0 Å². The van der Waals surface area contributed by atoms with Crippen LogP contribution in [0.25, 0.3) is 0 Å². The van der Waals surface area contributed by atoms with Gasteiger partial charge in [0.25, 0.3) is 0 Å². The number of benzene rings is 1. The smallest absolute Gasteiger partial charge is 0.0294 e. The Labute approximate surface area is 119 Å². The fourth-order valence-electron chi connectivity index (χ4n) is 2.88. The van der Waals surface area contributed by atoms with Crippen molar-refractivity contribution < 1.29 is 0 Å². The molecule has 1 nitrogen and oxygen atoms in total. The Bertz CT molecular complexity index is 377. The van der Waals surface area contributed by atoms with Gasteiger partial charge in [0, 0.05) is 16.6 Å². The van der Waals surface area contributed by atoms with Gasteiger partial charge in [-0.25, -0.2) is 0 Å². The Morgan fingerprint density at radius 3 is 2.83 bits per heavy atom. The van der Waals surface area contributed by atoms with Gasteiger partial charge in [0.15, 0.2) is 0 Å². The van der Waals surface area contributed by atoms with Gasteiger partial charge in [-0.2, -0.15) is 0 Å². The van der Waals surface area contributed by atoms with Gasteiger partial charge in [0.2, 0.25) is 0 Å². The van der Waals surface area contributed by atoms with Crippen molar-refractivity contribution in [2.24, 2.45) is 5.92 Å². The number of rotatable bonds is 3. The Hall–Kier alpha value is -0.340. The van der Waals surface area contributed by atoms with Crippen LogP contribution in [0.3, 0.4) is 0 Å². The summed E-state index contributed by atoms with van der Waals surface area (Å²) in [6.45, 7) is 4.66. The van der Waals surface area contributed by atoms with Gasteiger partial charge in [-0.15, -0.1) is 0 Å². The van der Waals surface area contributed by atoms with E-state index in [1.54, 1.807) is 0 Å². The van der Waals surface area contributed by atoms with Crippen LogP contribution in [0.5, 0.6) is 0 Å². The molecular formula is C16H24BrN. The zero-order chi connectivity index (χ0) is 13.0. The average molecular weight is 310 g/mol. The summed E-state index contributed by atoms with van der Waals surface area (Å²) in [6.07, 6.45) is 6.83. The molecule has 0 aliphatic heterocycles. The minimum Gasteiger partial charge on any atom is -0.307 e. The lowest BCUT2D eigenvalue weighted by Crippen LogP contribution is -2.31. The fraction of sp³-hybridized carbons (Fsp3) is 0.625. The van der Waals surface area contributed by atoms with Gasteiger partial charge in [-0.1, -0.05) is 47.8 Å². The van der Waals surface area contributed by atoms with E-state index >= 15 is 0 Å². The first kappa shape index (κ1) is 14.1. The molecule has 0 aromatic heterocycles. The summed E-state index contributed by atoms with van der Waals surface area (Å²) >= 11 is 3.55. The van der Waals surface area contributed by atoms with Crippen LogP contribution < -0.4 is 5.32 Å². The number of hydrogen-bond donors (Lipinski definition) is 1. The minimum absolute atomic E-state index is 0.445. The molecule has 1 aliphatic carbocycles. The molecule has 1 aromatic rings. The Morgan fingerprint density at radius 1 is 1.22 bits per heavy atom. The molecule has 18 heavy (non-hydrogen) atoms. The summed E-state index contributed by atoms with van der Waals surface area (Å²) in [5, 5.41) is 3.80. The maximum Gasteiger partial charge on any atom is 0.0294 e. The van der Waals surface area contributed by atoms with Gasteiger partial charge >= 0.3 is 0 Å². The third-order valence-electron chi connectivity index (χ3n) is 4.09. The molecule has 1 aromatic carbocycles. The number of halogens is 1. The molecule has 0 radical (unpaired) electrons. The molecule has 0 spiro atoms. The zero-order valence-corrected chi connectivity index (χ0v) is 13.0. The van der Waals surface area contributed by atoms with Crippen molar-refractivity contribution in [3.05, 3.63) is 34.3 Å². The maximum atomic E-state index is 3.80. The molecule has 3 atom stereocenters. The van der Waals surface area contributed by atoms with Crippen molar-refractivity contribution in [1.29, 1.82) is 0 Å². The van der Waals surface area contributed by atoms with Crippen LogP contribution in [0.1, 0.15) is 57.6 Å². The summed E-state index contributed by atoms with van der Waals surface area (Å²) in [6, 6.07) is 9.78. The largest absolute Gasteiger partial charge is 0.307 e. The van der Waals surface area contributed by atoms with Gasteiger partial charge in [-0.05, 0) is 49.8 Å². The predicted molar refractivity (Wildman–Crippen MR) is 81.7 cm³/mol. The second-order valence-corrected chi connectivity index (χ2v) is 6.67. The SMILES string of the molecule is CC1CCCC(N[C@@H](C)c2cccc(Br)c2)CC1. The van der Waals surface area contributed by atoms with E-state index in [2.05, 4.69) is 59.4 Å². The van der Waals surface area contributed by atoms with Crippen molar-refractivity contribution in [1.82, 2.24) is 5.32 Å². The highest BCUT2D eigenvalue weighted by Gasteiger charge is 2.18. The quantitative estimate of drug-likeness (QED) is 0.769. The highest BCUT2D eigenvalue weighted by atomic mass is 79.9. The van der Waals surface area contributed by atoms with Crippen molar-refractivity contribution in [2.45, 2.75) is 58.0 Å². The molecule has 1 N–H and O–H groups in total. The lowest BCUT2D eigenvalue weighted by atomic mass is 10.0. The van der Waals surface area contributed by atoms with E-state index in [9.17, 15) is 0 Å². The molecule has 2 heteroatoms. The Kier molecular flexibility index (Phi) is 5.25. The molecule has 0 bridgehead atoms. The molecule has 1 aliphatic rings. The minimum atomic E-state index is 0.445. The highest BCUT2D eigenvalue weighted by molar-refractivity contribution is 9.10. The van der Waals surface area contributed by atoms with Crippen molar-refractivity contribution in [3.8, 4) is 0 Å². The molecule has 1 fully saturated rings. The molecule has 0 heterocycles. The van der Waals surface area contributed by atoms with Crippen LogP contribution in [0.4, 0.5) is 0 Å². The molecule has 2 unspecified atom stereocenters. The third-order valence-corrected chi connectivity index (χ3v) is 4.59. The van der Waals surface area contributed by atoms with E-state index < -0.39 is 0 Å². The topological polar surface area (TPSA) is 12.0 Å². The molecular weight excluding hydrogens is 286 g/mol. The Balaban J connectivity index is 1.92. The zero-order valence-electron chi connectivity index (χ0n) is 11.5. The molecule has 0 amide bonds. The lowest BCUT2D eigenvalue weighted by Gasteiger charge is -2.22. The monoisotopic (exact) mass is 309 g/mol. The first-order valence-corrected chi connectivity index (χ1v) is 7.96. The van der Waals surface area contributed by atoms with Crippen molar-refractivity contribution in [3.63, 3.8) is 0 Å². The molecule has 1 saturated carbocycles. The molecule has 0 saturated heterocycles. The van der Waals surface area contributed by atoms with Crippen LogP contribution in [0, 0.1) is 5.92 Å². The van der Waals surface area contributed by atoms with Crippen molar-refractivity contribution in [2.75, 3.05) is 0 Å². The predicted octanol–water partition coefficient (Wildman–Crippen LogP) is 5.07. The van der Waals surface area contributed by atoms with Crippen LogP contribution in [-0.4, -0.2) is 6.04 Å². The fourth-order valence-corrected chi connectivity index (χ4v) is 3.30. The average Bonchev–Trinajstić information content (AvgIpc) is 2.54. The standard InChI is InChI=1S/C16H24BrN/c1-12-5-3-8-16(10-9-12)18-13(2)14-6-4-7-15(17)11-14/h4,6-7,11-13,16,18H,3,5,8-10H2,1-2H3/t12?,13-,16?/m0/s1. The van der Waals surface area contributed by atoms with Crippen LogP contribution in [0.2, 0.25) is 0 Å². The van der Waals surface area contributed by atoms with E-state index in [0.29, 0.717) is 12.1 Å². The van der Waals surface area contributed by atoms with Gasteiger partial charge in [0.1, 0.15) is 0 Å². The summed E-state index contributed by atoms with van der Waals surface area (Å²) < 4.78 is 1.17. The van der Waals surface area contributed by atoms with Crippen LogP contribution in [-0.2, 0) is 0 Å². The van der Waals surface area contributed by atoms with Gasteiger partial charge < -0.3 is 5.32 Å². The Morgan fingerprint density at radius 2 is 2.06 bits per heavy atom. The summed E-state index contributed by atoms with van der Waals surface area (Å²) in [5.74, 6) is 0.915. The molecule has 2 rings (SSSR count). The number of nitrogens with one attached hydrogen (secondary N) is 1. The summed E-state index contributed by atoms with van der Waals surface area (Å²) in [5.41, 5.74) is 1.38. The van der Waals surface area contributed by atoms with Crippen LogP contribution in [0.15, 0.2) is 28.7 Å². The summed E-state index contributed by atoms with van der Waals surface area (Å²) in [7, 11) is 0. The second kappa shape index (κ2) is 6.72. The lowest BCUT2D eigenvalue weighted by molar-refractivity contribution is 0.408.